The molecule has 0 aromatic heterocycles. The number of hydrogen-bond acceptors (Lipinski definition) is 6. The SMILES string of the molecule is CCOC(=O)C1NNNC1Nc1ccc(Cl)cc1. The van der Waals surface area contributed by atoms with Crippen LogP contribution in [0.1, 0.15) is 6.92 Å². The number of rotatable bonds is 4. The van der Waals surface area contributed by atoms with E-state index in [-0.39, 0.29) is 12.1 Å². The van der Waals surface area contributed by atoms with Gasteiger partial charge in [-0.3, -0.25) is 4.79 Å². The maximum absolute atomic E-state index is 11.7. The average molecular weight is 271 g/mol. The largest absolute Gasteiger partial charge is 0.465 e. The van der Waals surface area contributed by atoms with Crippen molar-refractivity contribution < 1.29 is 9.53 Å². The summed E-state index contributed by atoms with van der Waals surface area (Å²) in [5.41, 5.74) is 9.26. The van der Waals surface area contributed by atoms with Crippen molar-refractivity contribution in [3.63, 3.8) is 0 Å². The molecule has 2 unspecified atom stereocenters. The number of benzene rings is 1. The van der Waals surface area contributed by atoms with Gasteiger partial charge >= 0.3 is 5.97 Å². The number of carbonyl (C=O) groups excluding carboxylic acids is 1. The average Bonchev–Trinajstić information content (AvgIpc) is 2.81. The second kappa shape index (κ2) is 6.01. The molecule has 2 atom stereocenters. The first-order chi connectivity index (χ1) is 8.70. The van der Waals surface area contributed by atoms with Crippen LogP contribution in [0.15, 0.2) is 24.3 Å². The van der Waals surface area contributed by atoms with Crippen molar-refractivity contribution in [2.24, 2.45) is 0 Å². The van der Waals surface area contributed by atoms with Crippen molar-refractivity contribution in [1.82, 2.24) is 16.4 Å². The van der Waals surface area contributed by atoms with Crippen LogP contribution in [0.5, 0.6) is 0 Å². The highest BCUT2D eigenvalue weighted by Crippen LogP contribution is 2.15. The standard InChI is InChI=1S/C11H15ClN4O2/c1-2-18-11(17)9-10(15-16-14-9)13-8-5-3-7(12)4-6-8/h3-6,9-10,13-16H,2H2,1H3. The zero-order valence-electron chi connectivity index (χ0n) is 9.87. The highest BCUT2D eigenvalue weighted by atomic mass is 35.5. The fraction of sp³-hybridized carbons (Fsp3) is 0.364. The molecule has 1 fully saturated rings. The third-order valence-corrected chi connectivity index (χ3v) is 2.75. The minimum atomic E-state index is -0.499. The Kier molecular flexibility index (Phi) is 4.38. The third-order valence-electron chi connectivity index (χ3n) is 2.50. The first kappa shape index (κ1) is 13.1. The van der Waals surface area contributed by atoms with Gasteiger partial charge in [-0.15, -0.1) is 0 Å². The first-order valence-corrected chi connectivity index (χ1v) is 6.03. The Balaban J connectivity index is 1.99. The summed E-state index contributed by atoms with van der Waals surface area (Å²) in [6.45, 7) is 2.13. The van der Waals surface area contributed by atoms with Crippen LogP contribution in [-0.2, 0) is 9.53 Å². The van der Waals surface area contributed by atoms with E-state index in [4.69, 9.17) is 16.3 Å². The van der Waals surface area contributed by atoms with Gasteiger partial charge in [0.2, 0.25) is 0 Å². The van der Waals surface area contributed by atoms with Gasteiger partial charge < -0.3 is 10.1 Å². The second-order valence-corrected chi connectivity index (χ2v) is 4.21. The van der Waals surface area contributed by atoms with E-state index in [2.05, 4.69) is 21.7 Å². The molecule has 0 aliphatic carbocycles. The van der Waals surface area contributed by atoms with E-state index in [1.54, 1.807) is 19.1 Å². The molecule has 1 aliphatic heterocycles. The summed E-state index contributed by atoms with van der Waals surface area (Å²) in [4.78, 5) is 11.7. The smallest absolute Gasteiger partial charge is 0.328 e. The topological polar surface area (TPSA) is 74.4 Å². The van der Waals surface area contributed by atoms with Crippen LogP contribution in [0, 0.1) is 0 Å². The molecule has 7 heteroatoms. The molecule has 0 radical (unpaired) electrons. The van der Waals surface area contributed by atoms with Gasteiger partial charge in [0.25, 0.3) is 0 Å². The second-order valence-electron chi connectivity index (χ2n) is 3.77. The number of ether oxygens (including phenoxy) is 1. The van der Waals surface area contributed by atoms with Crippen molar-refractivity contribution in [3.8, 4) is 0 Å². The van der Waals surface area contributed by atoms with Gasteiger partial charge in [0.15, 0.2) is 6.04 Å². The number of anilines is 1. The number of esters is 1. The minimum Gasteiger partial charge on any atom is -0.465 e. The quantitative estimate of drug-likeness (QED) is 0.601. The molecule has 0 bridgehead atoms. The normalized spacial score (nSPS) is 22.8. The summed E-state index contributed by atoms with van der Waals surface area (Å²) in [7, 11) is 0. The molecule has 1 aromatic carbocycles. The molecule has 6 nitrogen and oxygen atoms in total. The van der Waals surface area contributed by atoms with Crippen LogP contribution in [-0.4, -0.2) is 24.8 Å². The molecule has 2 rings (SSSR count). The molecule has 1 saturated heterocycles. The zero-order valence-corrected chi connectivity index (χ0v) is 10.6. The molecule has 4 N–H and O–H groups in total. The van der Waals surface area contributed by atoms with Crippen molar-refractivity contribution >= 4 is 23.3 Å². The van der Waals surface area contributed by atoms with Crippen LogP contribution in [0.3, 0.4) is 0 Å². The summed E-state index contributed by atoms with van der Waals surface area (Å²) in [5.74, 6) is -0.318. The Hall–Kier alpha value is -1.34. The van der Waals surface area contributed by atoms with E-state index in [9.17, 15) is 4.79 Å². The fourth-order valence-corrected chi connectivity index (χ4v) is 1.76. The van der Waals surface area contributed by atoms with E-state index in [0.717, 1.165) is 5.69 Å². The predicted molar refractivity (Wildman–Crippen MR) is 68.7 cm³/mol. The zero-order chi connectivity index (χ0) is 13.0. The summed E-state index contributed by atoms with van der Waals surface area (Å²) in [5, 5.41) is 3.83. The van der Waals surface area contributed by atoms with E-state index in [1.165, 1.54) is 0 Å². The maximum Gasteiger partial charge on any atom is 0.328 e. The maximum atomic E-state index is 11.7. The van der Waals surface area contributed by atoms with Crippen molar-refractivity contribution in [2.75, 3.05) is 11.9 Å². The highest BCUT2D eigenvalue weighted by molar-refractivity contribution is 6.30. The van der Waals surface area contributed by atoms with Gasteiger partial charge in [-0.05, 0) is 31.2 Å². The Labute approximate surface area is 110 Å². The molecule has 1 aromatic rings. The van der Waals surface area contributed by atoms with Crippen LogP contribution in [0.25, 0.3) is 0 Å². The number of hydrogen-bond donors (Lipinski definition) is 4. The molecule has 0 spiro atoms. The molecule has 18 heavy (non-hydrogen) atoms. The molecule has 0 saturated carbocycles. The first-order valence-electron chi connectivity index (χ1n) is 5.65. The Morgan fingerprint density at radius 1 is 1.39 bits per heavy atom. The van der Waals surface area contributed by atoms with E-state index < -0.39 is 6.04 Å². The lowest BCUT2D eigenvalue weighted by atomic mass is 10.2. The van der Waals surface area contributed by atoms with Crippen LogP contribution < -0.4 is 21.7 Å². The van der Waals surface area contributed by atoms with Gasteiger partial charge in [0, 0.05) is 10.7 Å². The highest BCUT2D eigenvalue weighted by Gasteiger charge is 2.33. The number of hydrazine groups is 2. The lowest BCUT2D eigenvalue weighted by molar-refractivity contribution is -0.145. The lowest BCUT2D eigenvalue weighted by Crippen LogP contribution is -2.46. The van der Waals surface area contributed by atoms with Crippen LogP contribution >= 0.6 is 11.6 Å². The summed E-state index contributed by atoms with van der Waals surface area (Å²) < 4.78 is 4.97. The molecule has 1 aliphatic rings. The van der Waals surface area contributed by atoms with Gasteiger partial charge in [-0.1, -0.05) is 11.6 Å². The van der Waals surface area contributed by atoms with Crippen LogP contribution in [0.2, 0.25) is 5.02 Å². The van der Waals surface area contributed by atoms with Crippen molar-refractivity contribution in [2.45, 2.75) is 19.1 Å². The summed E-state index contributed by atoms with van der Waals surface area (Å²) in [6, 6.07) is 6.73. The van der Waals surface area contributed by atoms with Gasteiger partial charge in [-0.2, -0.15) is 5.53 Å². The number of nitrogens with one attached hydrogen (secondary N) is 4. The Bertz CT molecular complexity index is 412. The third kappa shape index (κ3) is 3.11. The molecular formula is C11H15ClN4O2. The van der Waals surface area contributed by atoms with Gasteiger partial charge in [0.05, 0.1) is 6.61 Å². The Morgan fingerprint density at radius 3 is 2.78 bits per heavy atom. The minimum absolute atomic E-state index is 0.301. The van der Waals surface area contributed by atoms with Gasteiger partial charge in [0.1, 0.15) is 6.17 Å². The Morgan fingerprint density at radius 2 is 2.11 bits per heavy atom. The predicted octanol–water partition coefficient (Wildman–Crippen LogP) is 0.622. The molecular weight excluding hydrogens is 256 g/mol. The van der Waals surface area contributed by atoms with Crippen molar-refractivity contribution in [1.29, 1.82) is 0 Å². The van der Waals surface area contributed by atoms with Crippen LogP contribution in [0.4, 0.5) is 5.69 Å². The van der Waals surface area contributed by atoms with E-state index >= 15 is 0 Å². The number of halogens is 1. The van der Waals surface area contributed by atoms with E-state index in [1.807, 2.05) is 12.1 Å². The summed E-state index contributed by atoms with van der Waals surface area (Å²) in [6.07, 6.45) is -0.301. The lowest BCUT2D eigenvalue weighted by Gasteiger charge is -2.18. The monoisotopic (exact) mass is 270 g/mol. The molecule has 0 amide bonds. The van der Waals surface area contributed by atoms with Crippen molar-refractivity contribution in [3.05, 3.63) is 29.3 Å². The number of carbonyl (C=O) groups is 1. The fourth-order valence-electron chi connectivity index (χ4n) is 1.64. The summed E-state index contributed by atoms with van der Waals surface area (Å²) >= 11 is 5.81. The van der Waals surface area contributed by atoms with Gasteiger partial charge in [-0.25, -0.2) is 10.9 Å². The molecule has 98 valence electrons. The molecule has 1 heterocycles. The van der Waals surface area contributed by atoms with E-state index in [0.29, 0.717) is 11.6 Å².